The van der Waals surface area contributed by atoms with Gasteiger partial charge in [0.15, 0.2) is 0 Å². The first-order valence-electron chi connectivity index (χ1n) is 7.02. The van der Waals surface area contributed by atoms with Crippen LogP contribution in [0.1, 0.15) is 53.5 Å². The molecule has 1 heteroatoms. The molecule has 0 unspecified atom stereocenters. The van der Waals surface area contributed by atoms with Gasteiger partial charge in [-0.3, -0.25) is 0 Å². The monoisotopic (exact) mass is 245 g/mol. The van der Waals surface area contributed by atoms with Gasteiger partial charge in [0.25, 0.3) is 0 Å². The van der Waals surface area contributed by atoms with E-state index in [-0.39, 0.29) is 0 Å². The average molecular weight is 245 g/mol. The van der Waals surface area contributed by atoms with E-state index in [9.17, 15) is 0 Å². The predicted octanol–water partition coefficient (Wildman–Crippen LogP) is 4.95. The van der Waals surface area contributed by atoms with Gasteiger partial charge < -0.3 is 4.90 Å². The third-order valence-corrected chi connectivity index (χ3v) is 3.35. The van der Waals surface area contributed by atoms with Crippen LogP contribution in [0, 0.1) is 0 Å². The van der Waals surface area contributed by atoms with Crippen LogP contribution in [0.5, 0.6) is 0 Å². The number of hydrogen-bond donors (Lipinski definition) is 0. The van der Waals surface area contributed by atoms with Crippen molar-refractivity contribution in [2.45, 2.75) is 60.0 Å². The summed E-state index contributed by atoms with van der Waals surface area (Å²) >= 11 is 0. The fraction of sp³-hybridized carbons (Fsp3) is 0.529. The lowest BCUT2D eigenvalue weighted by Crippen LogP contribution is -2.36. The molecular formula is C17H27N. The normalized spacial score (nSPS) is 12.9. The van der Waals surface area contributed by atoms with E-state index < -0.39 is 0 Å². The second-order valence-electron chi connectivity index (χ2n) is 5.44. The zero-order valence-electron chi connectivity index (χ0n) is 12.7. The first-order valence-corrected chi connectivity index (χ1v) is 7.02. The van der Waals surface area contributed by atoms with E-state index in [2.05, 4.69) is 76.8 Å². The quantitative estimate of drug-likeness (QED) is 0.709. The Bertz CT molecular complexity index is 379. The first-order chi connectivity index (χ1) is 8.49. The molecule has 0 radical (unpaired) electrons. The highest BCUT2D eigenvalue weighted by Crippen LogP contribution is 2.28. The SMILES string of the molecule is CC/C(C)=C(/c1ccccc1)N(C(C)C)C(C)C. The number of allylic oxidation sites excluding steroid dienone is 1. The van der Waals surface area contributed by atoms with Crippen LogP contribution in [0.4, 0.5) is 0 Å². The van der Waals surface area contributed by atoms with E-state index in [1.807, 2.05) is 0 Å². The Labute approximate surface area is 113 Å². The van der Waals surface area contributed by atoms with E-state index in [0.29, 0.717) is 12.1 Å². The molecule has 1 rings (SSSR count). The number of benzene rings is 1. The molecule has 0 spiro atoms. The highest BCUT2D eigenvalue weighted by Gasteiger charge is 2.19. The summed E-state index contributed by atoms with van der Waals surface area (Å²) in [5.74, 6) is 0. The topological polar surface area (TPSA) is 3.24 Å². The summed E-state index contributed by atoms with van der Waals surface area (Å²) in [6, 6.07) is 11.8. The second-order valence-corrected chi connectivity index (χ2v) is 5.44. The summed E-state index contributed by atoms with van der Waals surface area (Å²) in [5.41, 5.74) is 4.20. The highest BCUT2D eigenvalue weighted by atomic mass is 15.2. The zero-order valence-corrected chi connectivity index (χ0v) is 12.7. The molecule has 1 aromatic rings. The lowest BCUT2D eigenvalue weighted by Gasteiger charge is -2.37. The van der Waals surface area contributed by atoms with Crippen molar-refractivity contribution >= 4 is 5.70 Å². The first kappa shape index (κ1) is 14.8. The lowest BCUT2D eigenvalue weighted by atomic mass is 10.0. The molecule has 0 amide bonds. The van der Waals surface area contributed by atoms with Crippen LogP contribution in [0.2, 0.25) is 0 Å². The van der Waals surface area contributed by atoms with E-state index in [0.717, 1.165) is 6.42 Å². The molecule has 0 aliphatic rings. The highest BCUT2D eigenvalue weighted by molar-refractivity contribution is 5.67. The minimum Gasteiger partial charge on any atom is -0.366 e. The summed E-state index contributed by atoms with van der Waals surface area (Å²) in [6.45, 7) is 13.6. The van der Waals surface area contributed by atoms with E-state index in [4.69, 9.17) is 0 Å². The largest absolute Gasteiger partial charge is 0.366 e. The van der Waals surface area contributed by atoms with Gasteiger partial charge in [-0.05, 0) is 52.2 Å². The Morgan fingerprint density at radius 3 is 1.89 bits per heavy atom. The molecule has 0 aromatic heterocycles. The molecular weight excluding hydrogens is 218 g/mol. The summed E-state index contributed by atoms with van der Waals surface area (Å²) in [6.07, 6.45) is 1.10. The van der Waals surface area contributed by atoms with Crippen molar-refractivity contribution < 1.29 is 0 Å². The number of rotatable bonds is 5. The standard InChI is InChI=1S/C17H27N/c1-7-15(6)17(16-11-9-8-10-12-16)18(13(2)3)14(4)5/h8-14H,7H2,1-6H3/b17-15-. The van der Waals surface area contributed by atoms with Gasteiger partial charge >= 0.3 is 0 Å². The fourth-order valence-electron chi connectivity index (χ4n) is 2.49. The van der Waals surface area contributed by atoms with Crippen molar-refractivity contribution in [1.82, 2.24) is 4.90 Å². The summed E-state index contributed by atoms with van der Waals surface area (Å²) < 4.78 is 0. The molecule has 100 valence electrons. The molecule has 0 aliphatic carbocycles. The smallest absolute Gasteiger partial charge is 0.0433 e. The van der Waals surface area contributed by atoms with Crippen LogP contribution < -0.4 is 0 Å². The molecule has 0 saturated heterocycles. The Hall–Kier alpha value is -1.24. The fourth-order valence-corrected chi connectivity index (χ4v) is 2.49. The van der Waals surface area contributed by atoms with Crippen molar-refractivity contribution in [3.05, 3.63) is 41.5 Å². The maximum atomic E-state index is 2.52. The minimum absolute atomic E-state index is 0.515. The van der Waals surface area contributed by atoms with Gasteiger partial charge in [-0.15, -0.1) is 0 Å². The van der Waals surface area contributed by atoms with Crippen molar-refractivity contribution in [2.75, 3.05) is 0 Å². The predicted molar refractivity (Wildman–Crippen MR) is 81.4 cm³/mol. The third-order valence-electron chi connectivity index (χ3n) is 3.35. The Balaban J connectivity index is 3.31. The van der Waals surface area contributed by atoms with Gasteiger partial charge in [-0.1, -0.05) is 37.3 Å². The van der Waals surface area contributed by atoms with Gasteiger partial charge in [0.1, 0.15) is 0 Å². The molecule has 18 heavy (non-hydrogen) atoms. The van der Waals surface area contributed by atoms with Gasteiger partial charge in [0.2, 0.25) is 0 Å². The summed E-state index contributed by atoms with van der Waals surface area (Å²) in [7, 11) is 0. The summed E-state index contributed by atoms with van der Waals surface area (Å²) in [5, 5.41) is 0. The maximum absolute atomic E-state index is 2.52. The number of hydrogen-bond acceptors (Lipinski definition) is 1. The Kier molecular flexibility index (Phi) is 5.46. The Morgan fingerprint density at radius 2 is 1.50 bits per heavy atom. The van der Waals surface area contributed by atoms with E-state index >= 15 is 0 Å². The molecule has 0 bridgehead atoms. The van der Waals surface area contributed by atoms with Crippen molar-refractivity contribution in [2.24, 2.45) is 0 Å². The zero-order chi connectivity index (χ0) is 13.7. The third kappa shape index (κ3) is 3.38. The molecule has 1 aromatic carbocycles. The molecule has 1 nitrogen and oxygen atoms in total. The number of nitrogens with zero attached hydrogens (tertiary/aromatic N) is 1. The van der Waals surface area contributed by atoms with Crippen LogP contribution >= 0.6 is 0 Å². The van der Waals surface area contributed by atoms with Crippen molar-refractivity contribution in [3.63, 3.8) is 0 Å². The second kappa shape index (κ2) is 6.63. The Morgan fingerprint density at radius 1 is 1.00 bits per heavy atom. The van der Waals surface area contributed by atoms with Gasteiger partial charge in [-0.25, -0.2) is 0 Å². The lowest BCUT2D eigenvalue weighted by molar-refractivity contribution is 0.272. The molecule has 0 fully saturated rings. The molecule has 0 atom stereocenters. The molecule has 0 aliphatic heterocycles. The van der Waals surface area contributed by atoms with Gasteiger partial charge in [0, 0.05) is 17.8 Å². The van der Waals surface area contributed by atoms with Gasteiger partial charge in [0.05, 0.1) is 0 Å². The minimum atomic E-state index is 0.515. The van der Waals surface area contributed by atoms with Crippen LogP contribution in [0.3, 0.4) is 0 Å². The molecule has 0 saturated carbocycles. The average Bonchev–Trinajstić information content (AvgIpc) is 2.34. The van der Waals surface area contributed by atoms with Crippen LogP contribution in [-0.4, -0.2) is 17.0 Å². The molecule has 0 heterocycles. The summed E-state index contributed by atoms with van der Waals surface area (Å²) in [4.78, 5) is 2.52. The van der Waals surface area contributed by atoms with Crippen LogP contribution in [-0.2, 0) is 0 Å². The van der Waals surface area contributed by atoms with Crippen LogP contribution in [0.25, 0.3) is 5.70 Å². The van der Waals surface area contributed by atoms with Gasteiger partial charge in [-0.2, -0.15) is 0 Å². The van der Waals surface area contributed by atoms with E-state index in [1.165, 1.54) is 16.8 Å². The van der Waals surface area contributed by atoms with Crippen molar-refractivity contribution in [3.8, 4) is 0 Å². The van der Waals surface area contributed by atoms with E-state index in [1.54, 1.807) is 0 Å². The van der Waals surface area contributed by atoms with Crippen LogP contribution in [0.15, 0.2) is 35.9 Å². The maximum Gasteiger partial charge on any atom is 0.0433 e. The molecule has 0 N–H and O–H groups in total. The van der Waals surface area contributed by atoms with Crippen molar-refractivity contribution in [1.29, 1.82) is 0 Å².